The summed E-state index contributed by atoms with van der Waals surface area (Å²) in [4.78, 5) is 27.2. The predicted molar refractivity (Wildman–Crippen MR) is 95.2 cm³/mol. The summed E-state index contributed by atoms with van der Waals surface area (Å²) in [5.41, 5.74) is 1.45. The van der Waals surface area contributed by atoms with Crippen molar-refractivity contribution in [3.63, 3.8) is 0 Å². The first-order valence-electron chi connectivity index (χ1n) is 8.16. The van der Waals surface area contributed by atoms with E-state index in [-0.39, 0.29) is 29.7 Å². The molecule has 1 heterocycles. The van der Waals surface area contributed by atoms with Crippen LogP contribution in [0.1, 0.15) is 52.4 Å². The molecule has 0 bridgehead atoms. The molecule has 2 amide bonds. The number of rotatable bonds is 6. The molecule has 3 N–H and O–H groups in total. The van der Waals surface area contributed by atoms with E-state index in [1.807, 2.05) is 19.1 Å². The third-order valence-corrected chi connectivity index (χ3v) is 4.29. The van der Waals surface area contributed by atoms with E-state index in [9.17, 15) is 9.59 Å². The topological polar surface area (TPSA) is 83.2 Å². The smallest absolute Gasteiger partial charge is 0.271 e. The quantitative estimate of drug-likeness (QED) is 0.739. The van der Waals surface area contributed by atoms with Crippen molar-refractivity contribution >= 4 is 23.4 Å². The monoisotopic (exact) mass is 361 g/mol. The van der Waals surface area contributed by atoms with Gasteiger partial charge in [0.2, 0.25) is 0 Å². The number of hydrogen-bond donors (Lipinski definition) is 3. The van der Waals surface area contributed by atoms with Crippen LogP contribution in [0.25, 0.3) is 0 Å². The summed E-state index contributed by atoms with van der Waals surface area (Å²) in [7, 11) is 1.53. The molecule has 1 atom stereocenters. The first kappa shape index (κ1) is 17.4. The maximum absolute atomic E-state index is 12.2. The van der Waals surface area contributed by atoms with Crippen molar-refractivity contribution in [3.8, 4) is 5.75 Å². The Kier molecular flexibility index (Phi) is 4.99. The second kappa shape index (κ2) is 7.19. The standard InChI is InChI=1S/C18H20ClN3O3/c1-10(11-3-5-12(19)6-4-11)25-15-9-14(17(23)21-13-7-8-13)22-16(15)18(24)20-2/h3-6,9-10,13,22H,7-8H2,1-2H3,(H,20,24)(H,21,23)/t10-/m0/s1. The van der Waals surface area contributed by atoms with Gasteiger partial charge in [-0.1, -0.05) is 23.7 Å². The predicted octanol–water partition coefficient (Wildman–Crippen LogP) is 3.06. The fraction of sp³-hybridized carbons (Fsp3) is 0.333. The van der Waals surface area contributed by atoms with Crippen molar-refractivity contribution in [2.75, 3.05) is 7.05 Å². The molecule has 1 fully saturated rings. The molecule has 2 aromatic rings. The molecular formula is C18H20ClN3O3. The van der Waals surface area contributed by atoms with Gasteiger partial charge in [-0.15, -0.1) is 0 Å². The van der Waals surface area contributed by atoms with E-state index >= 15 is 0 Å². The number of halogens is 1. The summed E-state index contributed by atoms with van der Waals surface area (Å²) in [5.74, 6) is -0.242. The van der Waals surface area contributed by atoms with Crippen LogP contribution in [0.4, 0.5) is 0 Å². The molecule has 0 aliphatic heterocycles. The zero-order valence-electron chi connectivity index (χ0n) is 14.1. The van der Waals surface area contributed by atoms with Crippen LogP contribution in [0.15, 0.2) is 30.3 Å². The number of carbonyl (C=O) groups excluding carboxylic acids is 2. The van der Waals surface area contributed by atoms with E-state index in [1.165, 1.54) is 7.05 Å². The van der Waals surface area contributed by atoms with E-state index in [1.54, 1.807) is 18.2 Å². The molecule has 7 heteroatoms. The molecule has 6 nitrogen and oxygen atoms in total. The number of aromatic amines is 1. The summed E-state index contributed by atoms with van der Waals surface area (Å²) in [6.45, 7) is 1.87. The summed E-state index contributed by atoms with van der Waals surface area (Å²) in [6, 6.07) is 9.08. The van der Waals surface area contributed by atoms with Crippen molar-refractivity contribution < 1.29 is 14.3 Å². The molecule has 1 aliphatic rings. The number of nitrogens with one attached hydrogen (secondary N) is 3. The summed E-state index contributed by atoms with van der Waals surface area (Å²) >= 11 is 5.90. The van der Waals surface area contributed by atoms with Crippen molar-refractivity contribution in [2.24, 2.45) is 0 Å². The molecule has 0 unspecified atom stereocenters. The van der Waals surface area contributed by atoms with Crippen molar-refractivity contribution in [1.82, 2.24) is 15.6 Å². The Balaban J connectivity index is 1.82. The maximum Gasteiger partial charge on any atom is 0.271 e. The highest BCUT2D eigenvalue weighted by atomic mass is 35.5. The minimum atomic E-state index is -0.344. The van der Waals surface area contributed by atoms with E-state index in [2.05, 4.69) is 15.6 Å². The number of amides is 2. The summed E-state index contributed by atoms with van der Waals surface area (Å²) in [5, 5.41) is 6.08. The summed E-state index contributed by atoms with van der Waals surface area (Å²) in [6.07, 6.45) is 1.67. The molecule has 0 radical (unpaired) electrons. The van der Waals surface area contributed by atoms with Gasteiger partial charge in [-0.05, 0) is 37.5 Å². The van der Waals surface area contributed by atoms with Gasteiger partial charge in [0.05, 0.1) is 0 Å². The van der Waals surface area contributed by atoms with E-state index in [0.29, 0.717) is 16.5 Å². The van der Waals surface area contributed by atoms with Gasteiger partial charge in [0.1, 0.15) is 17.5 Å². The Labute approximate surface area is 150 Å². The van der Waals surface area contributed by atoms with Crippen LogP contribution in [0.3, 0.4) is 0 Å². The Morgan fingerprint density at radius 3 is 2.52 bits per heavy atom. The lowest BCUT2D eigenvalue weighted by molar-refractivity contribution is 0.0946. The van der Waals surface area contributed by atoms with Gasteiger partial charge < -0.3 is 20.4 Å². The van der Waals surface area contributed by atoms with Crippen LogP contribution in [0, 0.1) is 0 Å². The van der Waals surface area contributed by atoms with E-state index < -0.39 is 0 Å². The highest BCUT2D eigenvalue weighted by Gasteiger charge is 2.26. The fourth-order valence-corrected chi connectivity index (χ4v) is 2.55. The third-order valence-electron chi connectivity index (χ3n) is 4.04. The van der Waals surface area contributed by atoms with Crippen LogP contribution >= 0.6 is 11.6 Å². The second-order valence-corrected chi connectivity index (χ2v) is 6.50. The molecule has 25 heavy (non-hydrogen) atoms. The third kappa shape index (κ3) is 4.14. The second-order valence-electron chi connectivity index (χ2n) is 6.06. The van der Waals surface area contributed by atoms with E-state index in [0.717, 1.165) is 18.4 Å². The Hall–Kier alpha value is -2.47. The van der Waals surface area contributed by atoms with Crippen LogP contribution in [-0.2, 0) is 0 Å². The molecule has 0 saturated heterocycles. The van der Waals surface area contributed by atoms with Gasteiger partial charge in [0.15, 0.2) is 5.75 Å². The highest BCUT2D eigenvalue weighted by molar-refractivity contribution is 6.30. The number of carbonyl (C=O) groups is 2. The fourth-order valence-electron chi connectivity index (χ4n) is 2.43. The molecule has 3 rings (SSSR count). The van der Waals surface area contributed by atoms with Crippen LogP contribution in [0.2, 0.25) is 5.02 Å². The lowest BCUT2D eigenvalue weighted by Crippen LogP contribution is -2.26. The average molecular weight is 362 g/mol. The first-order chi connectivity index (χ1) is 12.0. The minimum absolute atomic E-state index is 0.226. The molecule has 1 aromatic heterocycles. The Morgan fingerprint density at radius 1 is 1.24 bits per heavy atom. The van der Waals surface area contributed by atoms with Crippen molar-refractivity contribution in [2.45, 2.75) is 31.9 Å². The largest absolute Gasteiger partial charge is 0.484 e. The van der Waals surface area contributed by atoms with Gasteiger partial charge in [0, 0.05) is 24.2 Å². The number of aromatic nitrogens is 1. The maximum atomic E-state index is 12.2. The highest BCUT2D eigenvalue weighted by Crippen LogP contribution is 2.28. The number of benzene rings is 1. The molecule has 1 aliphatic carbocycles. The minimum Gasteiger partial charge on any atom is -0.484 e. The number of hydrogen-bond acceptors (Lipinski definition) is 3. The van der Waals surface area contributed by atoms with Crippen LogP contribution < -0.4 is 15.4 Å². The SMILES string of the molecule is CNC(=O)c1[nH]c(C(=O)NC2CC2)cc1O[C@@H](C)c1ccc(Cl)cc1. The van der Waals surface area contributed by atoms with Crippen molar-refractivity contribution in [1.29, 1.82) is 0 Å². The molecule has 132 valence electrons. The number of H-pyrrole nitrogens is 1. The van der Waals surface area contributed by atoms with Gasteiger partial charge in [-0.25, -0.2) is 0 Å². The molecule has 1 saturated carbocycles. The Morgan fingerprint density at radius 2 is 1.92 bits per heavy atom. The normalized spacial score (nSPS) is 14.7. The Bertz CT molecular complexity index is 781. The number of ether oxygens (including phenoxy) is 1. The van der Waals surface area contributed by atoms with Crippen LogP contribution in [-0.4, -0.2) is 29.9 Å². The molecule has 1 aromatic carbocycles. The summed E-state index contributed by atoms with van der Waals surface area (Å²) < 4.78 is 5.93. The van der Waals surface area contributed by atoms with Gasteiger partial charge in [-0.3, -0.25) is 9.59 Å². The van der Waals surface area contributed by atoms with Crippen molar-refractivity contribution in [3.05, 3.63) is 52.3 Å². The van der Waals surface area contributed by atoms with Gasteiger partial charge >= 0.3 is 0 Å². The molecular weight excluding hydrogens is 342 g/mol. The average Bonchev–Trinajstić information content (AvgIpc) is 3.31. The molecule has 0 spiro atoms. The zero-order chi connectivity index (χ0) is 18.0. The lowest BCUT2D eigenvalue weighted by Gasteiger charge is -2.15. The van der Waals surface area contributed by atoms with Gasteiger partial charge in [-0.2, -0.15) is 0 Å². The lowest BCUT2D eigenvalue weighted by atomic mass is 10.1. The van der Waals surface area contributed by atoms with Gasteiger partial charge in [0.25, 0.3) is 11.8 Å². The zero-order valence-corrected chi connectivity index (χ0v) is 14.8. The van der Waals surface area contributed by atoms with E-state index in [4.69, 9.17) is 16.3 Å². The van der Waals surface area contributed by atoms with Crippen LogP contribution in [0.5, 0.6) is 5.75 Å². The first-order valence-corrected chi connectivity index (χ1v) is 8.53.